The fourth-order valence-electron chi connectivity index (χ4n) is 4.87. The van der Waals surface area contributed by atoms with Gasteiger partial charge in [0.15, 0.2) is 0 Å². The maximum Gasteiger partial charge on any atom is 0.408 e. The molecule has 0 heterocycles. The minimum absolute atomic E-state index is 0.0504. The number of carbonyl (C=O) groups excluding carboxylic acids is 6. The number of ether oxygens (including phenoxy) is 4. The summed E-state index contributed by atoms with van der Waals surface area (Å²) in [5.74, 6) is -2.67. The number of unbranched alkanes of at least 4 members (excludes halogenated alkanes) is 1. The first-order valence-corrected chi connectivity index (χ1v) is 17.5. The molecule has 2 aromatic rings. The van der Waals surface area contributed by atoms with Crippen LogP contribution in [-0.4, -0.2) is 73.3 Å². The van der Waals surface area contributed by atoms with Crippen LogP contribution in [0.1, 0.15) is 84.3 Å². The van der Waals surface area contributed by atoms with Gasteiger partial charge in [0.2, 0.25) is 11.8 Å². The highest BCUT2D eigenvalue weighted by Crippen LogP contribution is 2.12. The predicted molar refractivity (Wildman–Crippen MR) is 192 cm³/mol. The highest BCUT2D eigenvalue weighted by Gasteiger charge is 2.31. The van der Waals surface area contributed by atoms with Gasteiger partial charge < -0.3 is 40.2 Å². The zero-order valence-electron chi connectivity index (χ0n) is 31.0. The lowest BCUT2D eigenvalue weighted by Crippen LogP contribution is -2.56. The molecular weight excluding hydrogens is 672 g/mol. The summed E-state index contributed by atoms with van der Waals surface area (Å²) in [6.45, 7) is 9.25. The van der Waals surface area contributed by atoms with E-state index >= 15 is 0 Å². The number of methoxy groups -OCH3 is 1. The number of rotatable bonds is 20. The summed E-state index contributed by atoms with van der Waals surface area (Å²) in [5, 5.41) is 10.6. The molecule has 2 rings (SSSR count). The van der Waals surface area contributed by atoms with Crippen molar-refractivity contribution in [3.8, 4) is 0 Å². The lowest BCUT2D eigenvalue weighted by atomic mass is 10.0. The standard InChI is InChI=1S/C38H54N4O10/c1-26(2)23-31(34(45)40-30(35(46)49-6)20-21-32(43)50-24-27-15-9-7-10-16-27)41-33(44)29(42-37(48)52-38(3,4)5)19-13-14-22-39-36(47)51-25-28-17-11-8-12-18-28/h7-12,15-18,26,29-31H,13-14,19-25H2,1-6H3,(H,39,47)(H,40,45)(H,41,44)(H,42,48). The number of benzene rings is 2. The van der Waals surface area contributed by atoms with Crippen molar-refractivity contribution in [3.63, 3.8) is 0 Å². The second-order valence-corrected chi connectivity index (χ2v) is 13.6. The average molecular weight is 727 g/mol. The Labute approximate surface area is 306 Å². The molecule has 0 bridgehead atoms. The van der Waals surface area contributed by atoms with Crippen LogP contribution in [0.5, 0.6) is 0 Å². The molecule has 3 unspecified atom stereocenters. The summed E-state index contributed by atoms with van der Waals surface area (Å²) in [4.78, 5) is 76.9. The molecular formula is C38H54N4O10. The molecule has 0 saturated heterocycles. The van der Waals surface area contributed by atoms with Gasteiger partial charge >= 0.3 is 24.1 Å². The van der Waals surface area contributed by atoms with Crippen LogP contribution in [-0.2, 0) is 51.3 Å². The smallest absolute Gasteiger partial charge is 0.408 e. The van der Waals surface area contributed by atoms with Gasteiger partial charge in [0.1, 0.15) is 36.9 Å². The Kier molecular flexibility index (Phi) is 18.7. The number of hydrogen-bond acceptors (Lipinski definition) is 10. The number of carbonyl (C=O) groups is 6. The Morgan fingerprint density at radius 2 is 1.23 bits per heavy atom. The van der Waals surface area contributed by atoms with Crippen molar-refractivity contribution in [2.24, 2.45) is 5.92 Å². The molecule has 0 spiro atoms. The van der Waals surface area contributed by atoms with E-state index in [4.69, 9.17) is 18.9 Å². The summed E-state index contributed by atoms with van der Waals surface area (Å²) in [6.07, 6.45) is -0.410. The largest absolute Gasteiger partial charge is 0.467 e. The van der Waals surface area contributed by atoms with Crippen LogP contribution < -0.4 is 21.3 Å². The third-order valence-corrected chi connectivity index (χ3v) is 7.43. The average Bonchev–Trinajstić information content (AvgIpc) is 3.10. The molecule has 14 nitrogen and oxygen atoms in total. The molecule has 0 aliphatic heterocycles. The zero-order valence-corrected chi connectivity index (χ0v) is 31.0. The number of amides is 4. The van der Waals surface area contributed by atoms with Crippen molar-refractivity contribution in [1.82, 2.24) is 21.3 Å². The number of esters is 2. The van der Waals surface area contributed by atoms with Crippen molar-refractivity contribution < 1.29 is 47.7 Å². The third kappa shape index (κ3) is 18.2. The summed E-state index contributed by atoms with van der Waals surface area (Å²) in [6, 6.07) is 15.0. The quantitative estimate of drug-likeness (QED) is 0.0847. The molecule has 0 aromatic heterocycles. The van der Waals surface area contributed by atoms with Crippen molar-refractivity contribution in [1.29, 1.82) is 0 Å². The van der Waals surface area contributed by atoms with Gasteiger partial charge in [-0.05, 0) is 69.9 Å². The Morgan fingerprint density at radius 3 is 1.79 bits per heavy atom. The lowest BCUT2D eigenvalue weighted by molar-refractivity contribution is -0.148. The van der Waals surface area contributed by atoms with Crippen LogP contribution >= 0.6 is 0 Å². The monoisotopic (exact) mass is 726 g/mol. The molecule has 0 aliphatic rings. The van der Waals surface area contributed by atoms with E-state index in [1.165, 1.54) is 7.11 Å². The van der Waals surface area contributed by atoms with Crippen LogP contribution in [0.3, 0.4) is 0 Å². The van der Waals surface area contributed by atoms with E-state index in [1.807, 2.05) is 74.5 Å². The van der Waals surface area contributed by atoms with Gasteiger partial charge in [-0.15, -0.1) is 0 Å². The molecule has 0 fully saturated rings. The summed E-state index contributed by atoms with van der Waals surface area (Å²) >= 11 is 0. The van der Waals surface area contributed by atoms with E-state index in [0.29, 0.717) is 12.8 Å². The molecule has 14 heteroatoms. The van der Waals surface area contributed by atoms with E-state index in [9.17, 15) is 28.8 Å². The molecule has 0 saturated carbocycles. The van der Waals surface area contributed by atoms with Crippen molar-refractivity contribution in [2.45, 2.75) is 110 Å². The van der Waals surface area contributed by atoms with Gasteiger partial charge in [-0.25, -0.2) is 14.4 Å². The Balaban J connectivity index is 2.02. The first-order chi connectivity index (χ1) is 24.7. The Hall–Kier alpha value is -5.14. The number of alkyl carbamates (subject to hydrolysis) is 2. The molecule has 286 valence electrons. The second kappa shape index (κ2) is 22.6. The molecule has 0 aliphatic carbocycles. The normalized spacial score (nSPS) is 12.8. The van der Waals surface area contributed by atoms with Crippen LogP contribution in [0.15, 0.2) is 60.7 Å². The van der Waals surface area contributed by atoms with Crippen LogP contribution in [0.4, 0.5) is 9.59 Å². The van der Waals surface area contributed by atoms with Gasteiger partial charge in [-0.3, -0.25) is 14.4 Å². The highest BCUT2D eigenvalue weighted by molar-refractivity contribution is 5.93. The summed E-state index contributed by atoms with van der Waals surface area (Å²) in [5.41, 5.74) is 0.826. The summed E-state index contributed by atoms with van der Waals surface area (Å²) < 4.78 is 20.7. The molecule has 2 aromatic carbocycles. The number of hydrogen-bond donors (Lipinski definition) is 4. The molecule has 4 N–H and O–H groups in total. The van der Waals surface area contributed by atoms with E-state index in [-0.39, 0.29) is 51.4 Å². The van der Waals surface area contributed by atoms with Crippen LogP contribution in [0.2, 0.25) is 0 Å². The van der Waals surface area contributed by atoms with Crippen LogP contribution in [0.25, 0.3) is 0 Å². The van der Waals surface area contributed by atoms with Crippen molar-refractivity contribution in [3.05, 3.63) is 71.8 Å². The maximum absolute atomic E-state index is 13.6. The van der Waals surface area contributed by atoms with Gasteiger partial charge in [0, 0.05) is 13.0 Å². The summed E-state index contributed by atoms with van der Waals surface area (Å²) in [7, 11) is 1.17. The van der Waals surface area contributed by atoms with Gasteiger partial charge in [-0.1, -0.05) is 74.5 Å². The molecule has 0 radical (unpaired) electrons. The van der Waals surface area contributed by atoms with Crippen LogP contribution in [0, 0.1) is 5.92 Å². The van der Waals surface area contributed by atoms with Crippen molar-refractivity contribution >= 4 is 35.9 Å². The van der Waals surface area contributed by atoms with E-state index in [2.05, 4.69) is 21.3 Å². The third-order valence-electron chi connectivity index (χ3n) is 7.43. The minimum Gasteiger partial charge on any atom is -0.467 e. The van der Waals surface area contributed by atoms with Gasteiger partial charge in [-0.2, -0.15) is 0 Å². The SMILES string of the molecule is COC(=O)C(CCC(=O)OCc1ccccc1)NC(=O)C(CC(C)C)NC(=O)C(CCCCNC(=O)OCc1ccccc1)NC(=O)OC(C)(C)C. The minimum atomic E-state index is -1.18. The fraction of sp³-hybridized carbons (Fsp3) is 0.526. The molecule has 3 atom stereocenters. The first-order valence-electron chi connectivity index (χ1n) is 17.5. The predicted octanol–water partition coefficient (Wildman–Crippen LogP) is 4.69. The molecule has 52 heavy (non-hydrogen) atoms. The van der Waals surface area contributed by atoms with E-state index in [0.717, 1.165) is 11.1 Å². The van der Waals surface area contributed by atoms with Gasteiger partial charge in [0.25, 0.3) is 0 Å². The zero-order chi connectivity index (χ0) is 38.5. The van der Waals surface area contributed by atoms with E-state index in [1.54, 1.807) is 20.8 Å². The second-order valence-electron chi connectivity index (χ2n) is 13.6. The van der Waals surface area contributed by atoms with Gasteiger partial charge in [0.05, 0.1) is 7.11 Å². The Morgan fingerprint density at radius 1 is 0.673 bits per heavy atom. The number of nitrogens with one attached hydrogen (secondary N) is 4. The Bertz CT molecular complexity index is 1430. The van der Waals surface area contributed by atoms with Crippen molar-refractivity contribution in [2.75, 3.05) is 13.7 Å². The maximum atomic E-state index is 13.6. The lowest BCUT2D eigenvalue weighted by Gasteiger charge is -2.27. The van der Waals surface area contributed by atoms with E-state index < -0.39 is 59.7 Å². The fourth-order valence-corrected chi connectivity index (χ4v) is 4.87. The first kappa shape index (κ1) is 43.0. The highest BCUT2D eigenvalue weighted by atomic mass is 16.6. The molecule has 4 amide bonds. The topological polar surface area (TPSA) is 187 Å².